The molecule has 1 atom stereocenters. The molecule has 1 unspecified atom stereocenters. The third-order valence-corrected chi connectivity index (χ3v) is 1.91. The first-order chi connectivity index (χ1) is 5.95. The Kier molecular flexibility index (Phi) is 6.35. The van der Waals surface area contributed by atoms with Gasteiger partial charge in [0.15, 0.2) is 0 Å². The topological polar surface area (TPSA) is 35.2 Å². The van der Waals surface area contributed by atoms with E-state index >= 15 is 0 Å². The van der Waals surface area contributed by atoms with E-state index in [0.717, 1.165) is 25.9 Å². The summed E-state index contributed by atoms with van der Waals surface area (Å²) in [6, 6.07) is 0.369. The summed E-state index contributed by atoms with van der Waals surface area (Å²) in [7, 11) is 0. The number of hydrogen-bond acceptors (Lipinski definition) is 2. The smallest absolute Gasteiger partial charge is 0.0598 e. The second kappa shape index (κ2) is 6.39. The lowest BCUT2D eigenvalue weighted by molar-refractivity contribution is -0.00514. The van der Waals surface area contributed by atoms with Crippen LogP contribution < -0.4 is 5.73 Å². The van der Waals surface area contributed by atoms with Gasteiger partial charge < -0.3 is 10.5 Å². The van der Waals surface area contributed by atoms with Crippen molar-refractivity contribution in [1.82, 2.24) is 0 Å². The van der Waals surface area contributed by atoms with Crippen LogP contribution in [0.3, 0.4) is 0 Å². The van der Waals surface area contributed by atoms with Crippen molar-refractivity contribution < 1.29 is 4.74 Å². The third-order valence-electron chi connectivity index (χ3n) is 1.91. The van der Waals surface area contributed by atoms with Crippen LogP contribution in [0.2, 0.25) is 0 Å². The van der Waals surface area contributed by atoms with Gasteiger partial charge in [-0.2, -0.15) is 0 Å². The van der Waals surface area contributed by atoms with Crippen LogP contribution in [0.1, 0.15) is 53.4 Å². The van der Waals surface area contributed by atoms with Gasteiger partial charge in [-0.1, -0.05) is 13.3 Å². The van der Waals surface area contributed by atoms with Crippen molar-refractivity contribution in [1.29, 1.82) is 0 Å². The Morgan fingerprint density at radius 3 is 2.31 bits per heavy atom. The van der Waals surface area contributed by atoms with Gasteiger partial charge in [0.25, 0.3) is 0 Å². The van der Waals surface area contributed by atoms with Gasteiger partial charge in [0.1, 0.15) is 0 Å². The molecule has 0 aliphatic carbocycles. The van der Waals surface area contributed by atoms with E-state index in [1.807, 2.05) is 0 Å². The average Bonchev–Trinajstić information content (AvgIpc) is 1.97. The molecule has 0 heterocycles. The van der Waals surface area contributed by atoms with Crippen LogP contribution in [0.4, 0.5) is 0 Å². The zero-order chi connectivity index (χ0) is 10.3. The predicted octanol–water partition coefficient (Wildman–Crippen LogP) is 2.71. The summed E-state index contributed by atoms with van der Waals surface area (Å²) in [5.41, 5.74) is 5.87. The van der Waals surface area contributed by atoms with Crippen molar-refractivity contribution in [3.63, 3.8) is 0 Å². The van der Waals surface area contributed by atoms with Crippen LogP contribution in [-0.2, 0) is 4.74 Å². The van der Waals surface area contributed by atoms with Gasteiger partial charge in [0, 0.05) is 12.6 Å². The molecule has 0 bridgehead atoms. The molecular weight excluding hydrogens is 162 g/mol. The molecular formula is C11H25NO. The molecule has 13 heavy (non-hydrogen) atoms. The van der Waals surface area contributed by atoms with Crippen molar-refractivity contribution in [2.24, 2.45) is 5.73 Å². The molecule has 0 aromatic rings. The van der Waals surface area contributed by atoms with Crippen molar-refractivity contribution in [3.05, 3.63) is 0 Å². The highest BCUT2D eigenvalue weighted by molar-refractivity contribution is 4.62. The fourth-order valence-electron chi connectivity index (χ4n) is 1.24. The van der Waals surface area contributed by atoms with Gasteiger partial charge in [-0.25, -0.2) is 0 Å². The molecule has 2 N–H and O–H groups in total. The second-order valence-electron chi connectivity index (χ2n) is 4.65. The van der Waals surface area contributed by atoms with E-state index in [-0.39, 0.29) is 5.60 Å². The molecule has 80 valence electrons. The summed E-state index contributed by atoms with van der Waals surface area (Å²) >= 11 is 0. The number of ether oxygens (including phenoxy) is 1. The van der Waals surface area contributed by atoms with E-state index in [4.69, 9.17) is 10.5 Å². The lowest BCUT2D eigenvalue weighted by Crippen LogP contribution is -2.23. The second-order valence-corrected chi connectivity index (χ2v) is 4.65. The van der Waals surface area contributed by atoms with Crippen LogP contribution in [-0.4, -0.2) is 18.2 Å². The number of nitrogens with two attached hydrogens (primary N) is 1. The molecule has 2 nitrogen and oxygen atoms in total. The van der Waals surface area contributed by atoms with Crippen molar-refractivity contribution >= 4 is 0 Å². The van der Waals surface area contributed by atoms with Gasteiger partial charge in [-0.05, 0) is 40.0 Å². The standard InChI is InChI=1S/C11H25NO/c1-5-7-10(12)8-6-9-13-11(2,3)4/h10H,5-9,12H2,1-4H3. The Balaban J connectivity index is 3.25. The van der Waals surface area contributed by atoms with Gasteiger partial charge in [-0.3, -0.25) is 0 Å². The highest BCUT2D eigenvalue weighted by atomic mass is 16.5. The Morgan fingerprint density at radius 2 is 1.85 bits per heavy atom. The lowest BCUT2D eigenvalue weighted by atomic mass is 10.1. The van der Waals surface area contributed by atoms with Crippen molar-refractivity contribution in [2.75, 3.05) is 6.61 Å². The zero-order valence-electron chi connectivity index (χ0n) is 9.60. The minimum absolute atomic E-state index is 0.00511. The Bertz CT molecular complexity index is 118. The molecule has 0 radical (unpaired) electrons. The summed E-state index contributed by atoms with van der Waals surface area (Å²) in [6.07, 6.45) is 4.49. The van der Waals surface area contributed by atoms with E-state index in [1.54, 1.807) is 0 Å². The van der Waals surface area contributed by atoms with Gasteiger partial charge in [0.2, 0.25) is 0 Å². The maximum atomic E-state index is 5.88. The first-order valence-corrected chi connectivity index (χ1v) is 5.35. The van der Waals surface area contributed by atoms with E-state index in [0.29, 0.717) is 6.04 Å². The zero-order valence-corrected chi connectivity index (χ0v) is 9.60. The normalized spacial score (nSPS) is 14.5. The lowest BCUT2D eigenvalue weighted by Gasteiger charge is -2.20. The molecule has 0 aliphatic rings. The predicted molar refractivity (Wildman–Crippen MR) is 57.8 cm³/mol. The molecule has 0 aromatic carbocycles. The summed E-state index contributed by atoms with van der Waals surface area (Å²) in [5, 5.41) is 0. The van der Waals surface area contributed by atoms with Crippen LogP contribution in [0.5, 0.6) is 0 Å². The molecule has 0 saturated carbocycles. The van der Waals surface area contributed by atoms with Crippen LogP contribution in [0, 0.1) is 0 Å². The maximum Gasteiger partial charge on any atom is 0.0598 e. The number of hydrogen-bond donors (Lipinski definition) is 1. The Morgan fingerprint density at radius 1 is 1.23 bits per heavy atom. The largest absolute Gasteiger partial charge is 0.376 e. The van der Waals surface area contributed by atoms with Crippen LogP contribution >= 0.6 is 0 Å². The van der Waals surface area contributed by atoms with E-state index in [2.05, 4.69) is 27.7 Å². The molecule has 0 aromatic heterocycles. The molecule has 0 spiro atoms. The summed E-state index contributed by atoms with van der Waals surface area (Å²) in [5.74, 6) is 0. The van der Waals surface area contributed by atoms with Gasteiger partial charge in [0.05, 0.1) is 5.60 Å². The Labute approximate surface area is 82.8 Å². The summed E-state index contributed by atoms with van der Waals surface area (Å²) in [4.78, 5) is 0. The molecule has 0 aliphatic heterocycles. The van der Waals surface area contributed by atoms with Crippen molar-refractivity contribution in [2.45, 2.75) is 65.0 Å². The Hall–Kier alpha value is -0.0800. The van der Waals surface area contributed by atoms with E-state index in [9.17, 15) is 0 Å². The van der Waals surface area contributed by atoms with Gasteiger partial charge >= 0.3 is 0 Å². The minimum atomic E-state index is -0.00511. The SMILES string of the molecule is CCCC(N)CCCOC(C)(C)C. The average molecular weight is 187 g/mol. The fourth-order valence-corrected chi connectivity index (χ4v) is 1.24. The maximum absolute atomic E-state index is 5.88. The highest BCUT2D eigenvalue weighted by Gasteiger charge is 2.09. The van der Waals surface area contributed by atoms with E-state index in [1.165, 1.54) is 6.42 Å². The fraction of sp³-hybridized carbons (Fsp3) is 1.00. The van der Waals surface area contributed by atoms with Gasteiger partial charge in [-0.15, -0.1) is 0 Å². The first kappa shape index (κ1) is 12.9. The minimum Gasteiger partial charge on any atom is -0.376 e. The molecule has 2 heteroatoms. The van der Waals surface area contributed by atoms with E-state index < -0.39 is 0 Å². The molecule has 0 saturated heterocycles. The molecule has 0 fully saturated rings. The number of rotatable bonds is 6. The first-order valence-electron chi connectivity index (χ1n) is 5.35. The molecule has 0 amide bonds. The monoisotopic (exact) mass is 187 g/mol. The van der Waals surface area contributed by atoms with Crippen molar-refractivity contribution in [3.8, 4) is 0 Å². The summed E-state index contributed by atoms with van der Waals surface area (Å²) < 4.78 is 5.60. The third kappa shape index (κ3) is 9.84. The van der Waals surface area contributed by atoms with Crippen LogP contribution in [0.25, 0.3) is 0 Å². The summed E-state index contributed by atoms with van der Waals surface area (Å²) in [6.45, 7) is 9.25. The highest BCUT2D eigenvalue weighted by Crippen LogP contribution is 2.09. The quantitative estimate of drug-likeness (QED) is 0.649. The molecule has 0 rings (SSSR count). The van der Waals surface area contributed by atoms with Crippen LogP contribution in [0.15, 0.2) is 0 Å².